The number of carbonyl (C=O) groups is 3. The molecule has 3 aliphatic rings. The van der Waals surface area contributed by atoms with E-state index in [1.165, 1.54) is 53.7 Å². The molecule has 2 amide bonds. The van der Waals surface area contributed by atoms with Gasteiger partial charge in [-0.2, -0.15) is 13.1 Å². The van der Waals surface area contributed by atoms with Crippen molar-refractivity contribution in [3.8, 4) is 17.2 Å². The molecular formula is C40H46Cl2F2N3O10S+. The molecule has 2 aliphatic carbocycles. The molecule has 1 aromatic heterocycles. The van der Waals surface area contributed by atoms with Gasteiger partial charge in [-0.3, -0.25) is 4.79 Å². The highest BCUT2D eigenvalue weighted by atomic mass is 35.5. The minimum Gasteiger partial charge on any atom is -0.491 e. The van der Waals surface area contributed by atoms with Crippen molar-refractivity contribution in [1.82, 2.24) is 4.90 Å². The van der Waals surface area contributed by atoms with Crippen LogP contribution < -0.4 is 23.5 Å². The largest absolute Gasteiger partial charge is 0.491 e. The predicted molar refractivity (Wildman–Crippen MR) is 209 cm³/mol. The summed E-state index contributed by atoms with van der Waals surface area (Å²) in [5, 5.41) is 0.525. The van der Waals surface area contributed by atoms with Gasteiger partial charge in [-0.05, 0) is 107 Å². The lowest BCUT2D eigenvalue weighted by molar-refractivity contribution is -0.377. The number of nitrogens with one attached hydrogen (secondary N) is 1. The Morgan fingerprint density at radius 2 is 1.55 bits per heavy atom. The van der Waals surface area contributed by atoms with E-state index < -0.39 is 52.4 Å². The number of alkyl halides is 2. The number of pyridine rings is 1. The van der Waals surface area contributed by atoms with Crippen LogP contribution >= 0.6 is 23.2 Å². The van der Waals surface area contributed by atoms with Crippen molar-refractivity contribution < 1.29 is 60.3 Å². The molecule has 18 heteroatoms. The van der Waals surface area contributed by atoms with Crippen LogP contribution in [0.1, 0.15) is 86.9 Å². The highest BCUT2D eigenvalue weighted by Crippen LogP contribution is 2.40. The fraction of sp³-hybridized carbons (Fsp3) is 0.500. The van der Waals surface area contributed by atoms with E-state index in [9.17, 15) is 31.6 Å². The zero-order chi connectivity index (χ0) is 41.9. The van der Waals surface area contributed by atoms with Crippen molar-refractivity contribution in [3.63, 3.8) is 0 Å². The van der Waals surface area contributed by atoms with E-state index in [0.29, 0.717) is 34.4 Å². The number of halogens is 4. The van der Waals surface area contributed by atoms with Gasteiger partial charge < -0.3 is 28.6 Å². The van der Waals surface area contributed by atoms with Crippen molar-refractivity contribution in [2.75, 3.05) is 30.3 Å². The fourth-order valence-electron chi connectivity index (χ4n) is 6.39. The van der Waals surface area contributed by atoms with Crippen LogP contribution in [0.5, 0.6) is 17.2 Å². The summed E-state index contributed by atoms with van der Waals surface area (Å²) in [6, 6.07) is 7.25. The molecule has 6 rings (SSSR count). The molecule has 1 aliphatic heterocycles. The number of likely N-dealkylation sites (tertiary alicyclic amines) is 1. The van der Waals surface area contributed by atoms with Crippen LogP contribution in [0.25, 0.3) is 0 Å². The monoisotopic (exact) mass is 868 g/mol. The van der Waals surface area contributed by atoms with Crippen LogP contribution in [0.4, 0.5) is 19.3 Å². The van der Waals surface area contributed by atoms with Crippen molar-refractivity contribution in [1.29, 1.82) is 0 Å². The molecule has 3 aromatic rings. The van der Waals surface area contributed by atoms with Gasteiger partial charge in [-0.1, -0.05) is 29.3 Å². The number of rotatable bonds is 16. The topological polar surface area (TPSA) is 152 Å². The summed E-state index contributed by atoms with van der Waals surface area (Å²) in [5.41, 5.74) is -0.240. The zero-order valence-electron chi connectivity index (χ0n) is 32.5. The minimum atomic E-state index is -4.23. The Morgan fingerprint density at radius 3 is 2.14 bits per heavy atom. The lowest BCUT2D eigenvalue weighted by Crippen LogP contribution is -2.42. The number of nitrogens with zero attached hydrogens (tertiary/aromatic N) is 2. The third-order valence-corrected chi connectivity index (χ3v) is 11.3. The first-order valence-corrected chi connectivity index (χ1v) is 21.6. The van der Waals surface area contributed by atoms with Gasteiger partial charge in [0.1, 0.15) is 39.2 Å². The first-order chi connectivity index (χ1) is 27.4. The van der Waals surface area contributed by atoms with Crippen molar-refractivity contribution in [2.24, 2.45) is 11.8 Å². The van der Waals surface area contributed by atoms with Gasteiger partial charge in [-0.15, -0.1) is 0 Å². The number of esters is 1. The first-order valence-electron chi connectivity index (χ1n) is 18.9. The number of sulfonamides is 1. The summed E-state index contributed by atoms with van der Waals surface area (Å²) in [6.07, 6.45) is 6.12. The van der Waals surface area contributed by atoms with E-state index in [1.54, 1.807) is 20.8 Å². The Labute approximate surface area is 345 Å². The standard InChI is InChI=1S/C40H45Cl2F2N3O10S/c1-40(2,3)57-39(50)47(58(4,51)52)30-13-11-26(17-34(30)53-21-23-7-8-23)36(48)46-15-5-6-31(46)37(49)55-33(18-27-28(41)19-45-20-29(27)42)25-12-14-32(56-38(43)44)35(16-25)54-22-24-9-10-24/h11-14,16-17,19-20,23-24,31,33,38H,5-10,15,18,21-22H2,1-4H3/p+1/t31-,33-/m0/s1. The summed E-state index contributed by atoms with van der Waals surface area (Å²) >= 11 is 13.0. The molecule has 0 spiro atoms. The Kier molecular flexibility index (Phi) is 13.3. The fourth-order valence-corrected chi connectivity index (χ4v) is 7.73. The molecule has 0 radical (unpaired) electrons. The number of hydrogen-bond donors (Lipinski definition) is 0. The summed E-state index contributed by atoms with van der Waals surface area (Å²) in [4.78, 5) is 45.8. The second-order valence-electron chi connectivity index (χ2n) is 15.7. The molecule has 13 nitrogen and oxygen atoms in total. The maximum absolute atomic E-state index is 14.2. The van der Waals surface area contributed by atoms with Crippen molar-refractivity contribution >= 4 is 56.9 Å². The Bertz CT molecular complexity index is 2110. The maximum Gasteiger partial charge on any atom is 0.429 e. The smallest absolute Gasteiger partial charge is 0.429 e. The molecule has 58 heavy (non-hydrogen) atoms. The Hall–Kier alpha value is -4.41. The number of benzene rings is 2. The molecular weight excluding hydrogens is 823 g/mol. The van der Waals surface area contributed by atoms with Crippen LogP contribution in [-0.2, 0) is 30.7 Å². The summed E-state index contributed by atoms with van der Waals surface area (Å²) in [7, 11) is -4.23. The third kappa shape index (κ3) is 11.2. The van der Waals surface area contributed by atoms with Gasteiger partial charge >= 0.3 is 18.7 Å². The van der Waals surface area contributed by atoms with Crippen LogP contribution in [0.3, 0.4) is 0 Å². The number of carbonyl (C=O) groups excluding carboxylic acids is 3. The van der Waals surface area contributed by atoms with E-state index in [-0.39, 0.29) is 70.5 Å². The van der Waals surface area contributed by atoms with E-state index >= 15 is 0 Å². The lowest BCUT2D eigenvalue weighted by atomic mass is 10.0. The molecule has 1 saturated heterocycles. The van der Waals surface area contributed by atoms with Gasteiger partial charge in [0.25, 0.3) is 5.91 Å². The van der Waals surface area contributed by atoms with E-state index in [0.717, 1.165) is 31.9 Å². The number of H-pyrrole nitrogens is 1. The molecule has 1 N–H and O–H groups in total. The van der Waals surface area contributed by atoms with Gasteiger partial charge in [-0.25, -0.2) is 23.0 Å². The number of hydrogen-bond acceptors (Lipinski definition) is 10. The quantitative estimate of drug-likeness (QED) is 0.130. The molecule has 2 aromatic carbocycles. The third-order valence-electron chi connectivity index (χ3n) is 9.65. The van der Waals surface area contributed by atoms with Crippen LogP contribution in [-0.4, -0.2) is 75.6 Å². The number of aromatic nitrogens is 1. The van der Waals surface area contributed by atoms with E-state index in [1.807, 2.05) is 0 Å². The average Bonchev–Trinajstić information content (AvgIpc) is 4.08. The number of aromatic amines is 1. The summed E-state index contributed by atoms with van der Waals surface area (Å²) in [6.45, 7) is 2.42. The normalized spacial score (nSPS) is 17.5. The molecule has 0 unspecified atom stereocenters. The molecule has 2 atom stereocenters. The second kappa shape index (κ2) is 17.8. The second-order valence-corrected chi connectivity index (χ2v) is 18.3. The maximum atomic E-state index is 14.2. The predicted octanol–water partition coefficient (Wildman–Crippen LogP) is 7.82. The number of anilines is 1. The molecule has 0 bridgehead atoms. The minimum absolute atomic E-state index is 0.0203. The number of amides is 2. The Balaban J connectivity index is 1.29. The van der Waals surface area contributed by atoms with E-state index in [2.05, 4.69) is 4.98 Å². The van der Waals surface area contributed by atoms with Crippen LogP contribution in [0.2, 0.25) is 10.0 Å². The summed E-state index contributed by atoms with van der Waals surface area (Å²) in [5.74, 6) is -0.934. The van der Waals surface area contributed by atoms with E-state index in [4.69, 9.17) is 46.9 Å². The van der Waals surface area contributed by atoms with Gasteiger partial charge in [0.2, 0.25) is 10.0 Å². The SMILES string of the molecule is CC(C)(C)OC(=O)N(c1ccc(C(=O)N2CCC[C@H]2C(=O)O[C@@H](Cc2c(Cl)c[nH+]cc2Cl)c2ccc(OC(F)F)c(OCC3CC3)c2)cc1OCC1CC1)S(C)(=O)=O. The Morgan fingerprint density at radius 1 is 0.914 bits per heavy atom. The molecule has 3 fully saturated rings. The summed E-state index contributed by atoms with van der Waals surface area (Å²) < 4.78 is 81.3. The van der Waals surface area contributed by atoms with Crippen LogP contribution in [0.15, 0.2) is 48.8 Å². The van der Waals surface area contributed by atoms with Crippen molar-refractivity contribution in [3.05, 3.63) is 75.5 Å². The first kappa shape index (κ1) is 43.2. The van der Waals surface area contributed by atoms with Gasteiger partial charge in [0.15, 0.2) is 23.9 Å². The highest BCUT2D eigenvalue weighted by molar-refractivity contribution is 7.92. The zero-order valence-corrected chi connectivity index (χ0v) is 34.8. The average molecular weight is 870 g/mol. The van der Waals surface area contributed by atoms with Gasteiger partial charge in [0, 0.05) is 24.1 Å². The lowest BCUT2D eigenvalue weighted by Gasteiger charge is -2.28. The highest BCUT2D eigenvalue weighted by Gasteiger charge is 2.39. The van der Waals surface area contributed by atoms with Gasteiger partial charge in [0.05, 0.1) is 19.5 Å². The number of ether oxygens (including phenoxy) is 5. The molecule has 2 saturated carbocycles. The molecule has 2 heterocycles. The molecule has 314 valence electrons. The van der Waals surface area contributed by atoms with Crippen LogP contribution in [0, 0.1) is 11.8 Å². The van der Waals surface area contributed by atoms with Crippen molar-refractivity contribution in [2.45, 2.75) is 90.1 Å².